The summed E-state index contributed by atoms with van der Waals surface area (Å²) in [5.74, 6) is -0.214. The Morgan fingerprint density at radius 3 is 2.00 bits per heavy atom. The Morgan fingerprint density at radius 1 is 0.737 bits per heavy atom. The average molecular weight is 499 g/mol. The summed E-state index contributed by atoms with van der Waals surface area (Å²) in [6.45, 7) is 4.98. The Bertz CT molecular complexity index is 1530. The van der Waals surface area contributed by atoms with Crippen molar-refractivity contribution in [3.05, 3.63) is 126 Å². The maximum absolute atomic E-state index is 12.8. The summed E-state index contributed by atoms with van der Waals surface area (Å²) in [5.41, 5.74) is 6.81. The van der Waals surface area contributed by atoms with Crippen LogP contribution in [0.25, 0.3) is 21.5 Å². The van der Waals surface area contributed by atoms with Gasteiger partial charge in [0.25, 0.3) is 5.91 Å². The lowest BCUT2D eigenvalue weighted by molar-refractivity contribution is 0.0955. The zero-order valence-electron chi connectivity index (χ0n) is 21.3. The number of anilines is 1. The first-order chi connectivity index (χ1) is 18.7. The van der Waals surface area contributed by atoms with Crippen LogP contribution < -0.4 is 10.3 Å². The molecule has 0 atom stereocenters. The fraction of sp³-hybridized carbons (Fsp3) is 0.152. The summed E-state index contributed by atoms with van der Waals surface area (Å²) < 4.78 is 0. The lowest BCUT2D eigenvalue weighted by Gasteiger charge is -2.36. The van der Waals surface area contributed by atoms with Crippen LogP contribution in [0.4, 0.5) is 5.69 Å². The first-order valence-electron chi connectivity index (χ1n) is 13.1. The number of benzene rings is 5. The van der Waals surface area contributed by atoms with Crippen LogP contribution in [-0.2, 0) is 6.54 Å². The largest absolute Gasteiger partial charge is 0.369 e. The van der Waals surface area contributed by atoms with Crippen molar-refractivity contribution in [3.8, 4) is 0 Å². The molecule has 5 aromatic carbocycles. The van der Waals surface area contributed by atoms with Crippen molar-refractivity contribution < 1.29 is 4.79 Å². The molecule has 38 heavy (non-hydrogen) atoms. The van der Waals surface area contributed by atoms with Crippen LogP contribution in [0.3, 0.4) is 0 Å². The smallest absolute Gasteiger partial charge is 0.271 e. The van der Waals surface area contributed by atoms with Gasteiger partial charge in [0.05, 0.1) is 6.21 Å². The maximum Gasteiger partial charge on any atom is 0.271 e. The molecule has 5 aromatic rings. The lowest BCUT2D eigenvalue weighted by atomic mass is 9.97. The Morgan fingerprint density at radius 2 is 1.34 bits per heavy atom. The number of hydrogen-bond acceptors (Lipinski definition) is 4. The number of rotatable bonds is 6. The quantitative estimate of drug-likeness (QED) is 0.175. The molecular formula is C33H30N4O. The number of fused-ring (bicyclic) bond motifs is 2. The van der Waals surface area contributed by atoms with E-state index in [1.54, 1.807) is 6.21 Å². The van der Waals surface area contributed by atoms with Crippen molar-refractivity contribution in [1.29, 1.82) is 0 Å². The molecule has 0 radical (unpaired) electrons. The number of carbonyl (C=O) groups is 1. The highest BCUT2D eigenvalue weighted by atomic mass is 16.2. The first-order valence-corrected chi connectivity index (χ1v) is 13.1. The Hall–Kier alpha value is -4.48. The second-order valence-corrected chi connectivity index (χ2v) is 9.73. The fourth-order valence-corrected chi connectivity index (χ4v) is 5.23. The number of nitrogens with one attached hydrogen (secondary N) is 1. The molecule has 5 heteroatoms. The van der Waals surface area contributed by atoms with Crippen LogP contribution in [0, 0.1) is 0 Å². The van der Waals surface area contributed by atoms with E-state index in [0.717, 1.165) is 59.8 Å². The van der Waals surface area contributed by atoms with E-state index in [2.05, 4.69) is 81.0 Å². The van der Waals surface area contributed by atoms with Gasteiger partial charge in [0.15, 0.2) is 0 Å². The van der Waals surface area contributed by atoms with Gasteiger partial charge in [-0.25, -0.2) is 5.43 Å². The molecule has 0 saturated carbocycles. The van der Waals surface area contributed by atoms with Gasteiger partial charge in [0, 0.05) is 49.5 Å². The molecule has 6 rings (SSSR count). The van der Waals surface area contributed by atoms with E-state index in [9.17, 15) is 4.79 Å². The van der Waals surface area contributed by atoms with E-state index in [-0.39, 0.29) is 5.91 Å². The molecule has 5 nitrogen and oxygen atoms in total. The van der Waals surface area contributed by atoms with Crippen LogP contribution >= 0.6 is 0 Å². The van der Waals surface area contributed by atoms with Crippen molar-refractivity contribution in [3.63, 3.8) is 0 Å². The second kappa shape index (κ2) is 10.9. The van der Waals surface area contributed by atoms with Gasteiger partial charge in [-0.05, 0) is 57.4 Å². The molecule has 1 fully saturated rings. The van der Waals surface area contributed by atoms with E-state index in [4.69, 9.17) is 0 Å². The lowest BCUT2D eigenvalue weighted by Crippen LogP contribution is -2.45. The molecule has 0 bridgehead atoms. The molecule has 1 aliphatic rings. The predicted molar refractivity (Wildman–Crippen MR) is 157 cm³/mol. The van der Waals surface area contributed by atoms with Crippen LogP contribution in [0.2, 0.25) is 0 Å². The summed E-state index contributed by atoms with van der Waals surface area (Å²) in [6, 6.07) is 37.1. The fourth-order valence-electron chi connectivity index (χ4n) is 5.23. The van der Waals surface area contributed by atoms with E-state index in [1.165, 1.54) is 11.3 Å². The van der Waals surface area contributed by atoms with Crippen LogP contribution in [-0.4, -0.2) is 43.2 Å². The summed E-state index contributed by atoms with van der Waals surface area (Å²) in [4.78, 5) is 17.7. The van der Waals surface area contributed by atoms with Crippen LogP contribution in [0.5, 0.6) is 0 Å². The number of hydrogen-bond donors (Lipinski definition) is 1. The Kier molecular flexibility index (Phi) is 6.83. The Labute approximate surface area is 223 Å². The van der Waals surface area contributed by atoms with Gasteiger partial charge in [0.2, 0.25) is 0 Å². The molecule has 1 N–H and O–H groups in total. The highest BCUT2D eigenvalue weighted by molar-refractivity contribution is 6.13. The first kappa shape index (κ1) is 23.9. The van der Waals surface area contributed by atoms with E-state index >= 15 is 0 Å². The van der Waals surface area contributed by atoms with E-state index < -0.39 is 0 Å². The van der Waals surface area contributed by atoms with Gasteiger partial charge in [-0.3, -0.25) is 9.69 Å². The van der Waals surface area contributed by atoms with Crippen molar-refractivity contribution in [2.75, 3.05) is 31.1 Å². The average Bonchev–Trinajstić information content (AvgIpc) is 2.98. The Balaban J connectivity index is 1.08. The van der Waals surface area contributed by atoms with Gasteiger partial charge in [-0.2, -0.15) is 5.10 Å². The summed E-state index contributed by atoms with van der Waals surface area (Å²) in [6.07, 6.45) is 1.76. The third kappa shape index (κ3) is 5.15. The number of carbonyl (C=O) groups excluding carboxylic acids is 1. The minimum atomic E-state index is -0.214. The standard InChI is InChI=1S/C33H30N4O/c38-33(35-34-23-32-30-12-6-4-8-27(30)22-28-9-5-7-13-31(28)32)26-16-14-25(15-17-26)24-36-18-20-37(21-19-36)29-10-2-1-3-11-29/h1-17,22-23H,18-21,24H2,(H,35,38). The van der Waals surface area contributed by atoms with Gasteiger partial charge >= 0.3 is 0 Å². The SMILES string of the molecule is O=C(NN=Cc1c2ccccc2cc2ccccc12)c1ccc(CN2CCN(c3ccccc3)CC2)cc1. The van der Waals surface area contributed by atoms with E-state index in [0.29, 0.717) is 5.56 Å². The summed E-state index contributed by atoms with van der Waals surface area (Å²) in [5, 5.41) is 8.85. The highest BCUT2D eigenvalue weighted by Crippen LogP contribution is 2.27. The third-order valence-corrected chi connectivity index (χ3v) is 7.29. The minimum Gasteiger partial charge on any atom is -0.369 e. The third-order valence-electron chi connectivity index (χ3n) is 7.29. The molecule has 0 aromatic heterocycles. The molecular weight excluding hydrogens is 468 g/mol. The molecule has 188 valence electrons. The number of hydrazone groups is 1. The van der Waals surface area contributed by atoms with Crippen molar-refractivity contribution in [2.24, 2.45) is 5.10 Å². The normalized spacial score (nSPS) is 14.4. The predicted octanol–water partition coefficient (Wildman–Crippen LogP) is 6.08. The van der Waals surface area contributed by atoms with Gasteiger partial charge < -0.3 is 4.90 Å². The zero-order chi connectivity index (χ0) is 25.7. The monoisotopic (exact) mass is 498 g/mol. The van der Waals surface area contributed by atoms with Gasteiger partial charge in [-0.15, -0.1) is 0 Å². The van der Waals surface area contributed by atoms with Crippen LogP contribution in [0.15, 0.2) is 114 Å². The topological polar surface area (TPSA) is 47.9 Å². The maximum atomic E-state index is 12.8. The molecule has 0 unspecified atom stereocenters. The molecule has 1 amide bonds. The number of piperazine rings is 1. The zero-order valence-corrected chi connectivity index (χ0v) is 21.3. The molecule has 1 saturated heterocycles. The highest BCUT2D eigenvalue weighted by Gasteiger charge is 2.17. The van der Waals surface area contributed by atoms with Gasteiger partial charge in [0.1, 0.15) is 0 Å². The molecule has 1 heterocycles. The summed E-state index contributed by atoms with van der Waals surface area (Å²) >= 11 is 0. The number of nitrogens with zero attached hydrogens (tertiary/aromatic N) is 3. The van der Waals surface area contributed by atoms with Crippen LogP contribution in [0.1, 0.15) is 21.5 Å². The van der Waals surface area contributed by atoms with E-state index in [1.807, 2.05) is 48.5 Å². The van der Waals surface area contributed by atoms with Crippen molar-refractivity contribution >= 4 is 39.4 Å². The molecule has 1 aliphatic heterocycles. The minimum absolute atomic E-state index is 0.214. The molecule has 0 aliphatic carbocycles. The van der Waals surface area contributed by atoms with Gasteiger partial charge in [-0.1, -0.05) is 78.9 Å². The number of amides is 1. The second-order valence-electron chi connectivity index (χ2n) is 9.73. The summed E-state index contributed by atoms with van der Waals surface area (Å²) in [7, 11) is 0. The molecule has 0 spiro atoms. The van der Waals surface area contributed by atoms with Crippen molar-refractivity contribution in [1.82, 2.24) is 10.3 Å². The number of para-hydroxylation sites is 1. The van der Waals surface area contributed by atoms with Crippen molar-refractivity contribution in [2.45, 2.75) is 6.54 Å².